The molecular formula is C19H22BrNO3. The molecule has 0 saturated carbocycles. The van der Waals surface area contributed by atoms with Crippen molar-refractivity contribution < 1.29 is 14.6 Å². The number of aromatic carboxylic acids is 1. The van der Waals surface area contributed by atoms with Crippen LogP contribution >= 0.6 is 15.9 Å². The SMILES string of the molecule is CCN(CC)Cc1cc(Br)ccc1OCc1ccc(C(=O)O)cc1. The number of hydrogen-bond acceptors (Lipinski definition) is 3. The first-order chi connectivity index (χ1) is 11.5. The molecule has 0 bridgehead atoms. The van der Waals surface area contributed by atoms with E-state index >= 15 is 0 Å². The summed E-state index contributed by atoms with van der Waals surface area (Å²) in [7, 11) is 0. The van der Waals surface area contributed by atoms with Crippen LogP contribution in [0.2, 0.25) is 0 Å². The van der Waals surface area contributed by atoms with Crippen molar-refractivity contribution in [2.45, 2.75) is 27.0 Å². The van der Waals surface area contributed by atoms with Crippen molar-refractivity contribution in [1.82, 2.24) is 4.90 Å². The first-order valence-electron chi connectivity index (χ1n) is 7.99. The van der Waals surface area contributed by atoms with Gasteiger partial charge in [0.05, 0.1) is 5.56 Å². The van der Waals surface area contributed by atoms with Crippen LogP contribution in [-0.4, -0.2) is 29.1 Å². The van der Waals surface area contributed by atoms with E-state index in [-0.39, 0.29) is 5.56 Å². The smallest absolute Gasteiger partial charge is 0.335 e. The molecule has 4 nitrogen and oxygen atoms in total. The lowest BCUT2D eigenvalue weighted by molar-refractivity contribution is 0.0697. The van der Waals surface area contributed by atoms with Crippen LogP contribution in [0.15, 0.2) is 46.9 Å². The number of benzene rings is 2. The van der Waals surface area contributed by atoms with Crippen molar-refractivity contribution in [3.05, 3.63) is 63.6 Å². The molecule has 2 aromatic carbocycles. The Kier molecular flexibility index (Phi) is 6.82. The predicted molar refractivity (Wildman–Crippen MR) is 98.5 cm³/mol. The van der Waals surface area contributed by atoms with Crippen LogP contribution in [0.5, 0.6) is 5.75 Å². The number of carboxylic acids is 1. The third kappa shape index (κ3) is 5.08. The van der Waals surface area contributed by atoms with Gasteiger partial charge in [-0.1, -0.05) is 41.9 Å². The highest BCUT2D eigenvalue weighted by Gasteiger charge is 2.09. The minimum Gasteiger partial charge on any atom is -0.489 e. The van der Waals surface area contributed by atoms with Crippen molar-refractivity contribution in [2.24, 2.45) is 0 Å². The van der Waals surface area contributed by atoms with E-state index < -0.39 is 5.97 Å². The summed E-state index contributed by atoms with van der Waals surface area (Å²) in [6.45, 7) is 7.50. The fourth-order valence-electron chi connectivity index (χ4n) is 2.41. The highest BCUT2D eigenvalue weighted by Crippen LogP contribution is 2.25. The average Bonchev–Trinajstić information content (AvgIpc) is 2.59. The zero-order valence-corrected chi connectivity index (χ0v) is 15.5. The van der Waals surface area contributed by atoms with Crippen LogP contribution in [-0.2, 0) is 13.2 Å². The maximum absolute atomic E-state index is 10.9. The lowest BCUT2D eigenvalue weighted by Crippen LogP contribution is -2.22. The van der Waals surface area contributed by atoms with Crippen LogP contribution in [0.25, 0.3) is 0 Å². The first-order valence-corrected chi connectivity index (χ1v) is 8.78. The van der Waals surface area contributed by atoms with Crippen LogP contribution in [0.4, 0.5) is 0 Å². The van der Waals surface area contributed by atoms with Gasteiger partial charge >= 0.3 is 5.97 Å². The maximum Gasteiger partial charge on any atom is 0.335 e. The number of nitrogens with zero attached hydrogens (tertiary/aromatic N) is 1. The monoisotopic (exact) mass is 391 g/mol. The molecule has 0 spiro atoms. The maximum atomic E-state index is 10.9. The second-order valence-electron chi connectivity index (χ2n) is 5.50. The highest BCUT2D eigenvalue weighted by atomic mass is 79.9. The minimum absolute atomic E-state index is 0.282. The molecule has 0 unspecified atom stereocenters. The van der Waals surface area contributed by atoms with E-state index in [0.29, 0.717) is 6.61 Å². The Bertz CT molecular complexity index is 682. The van der Waals surface area contributed by atoms with Gasteiger partial charge in [-0.15, -0.1) is 0 Å². The van der Waals surface area contributed by atoms with Crippen molar-refractivity contribution >= 4 is 21.9 Å². The fraction of sp³-hybridized carbons (Fsp3) is 0.316. The van der Waals surface area contributed by atoms with Gasteiger partial charge in [-0.2, -0.15) is 0 Å². The first kappa shape index (κ1) is 18.5. The van der Waals surface area contributed by atoms with Crippen molar-refractivity contribution in [2.75, 3.05) is 13.1 Å². The van der Waals surface area contributed by atoms with E-state index in [1.54, 1.807) is 24.3 Å². The summed E-state index contributed by atoms with van der Waals surface area (Å²) in [4.78, 5) is 13.2. The Morgan fingerprint density at radius 1 is 1.12 bits per heavy atom. The van der Waals surface area contributed by atoms with E-state index in [4.69, 9.17) is 9.84 Å². The number of rotatable bonds is 8. The summed E-state index contributed by atoms with van der Waals surface area (Å²) in [5.41, 5.74) is 2.36. The highest BCUT2D eigenvalue weighted by molar-refractivity contribution is 9.10. The lowest BCUT2D eigenvalue weighted by Gasteiger charge is -2.20. The third-order valence-corrected chi connectivity index (χ3v) is 4.40. The Balaban J connectivity index is 2.09. The van der Waals surface area contributed by atoms with E-state index in [9.17, 15) is 4.79 Å². The van der Waals surface area contributed by atoms with E-state index in [2.05, 4.69) is 40.7 Å². The summed E-state index contributed by atoms with van der Waals surface area (Å²) in [5.74, 6) is -0.0655. The zero-order chi connectivity index (χ0) is 17.5. The molecule has 0 aliphatic rings. The lowest BCUT2D eigenvalue weighted by atomic mass is 10.1. The topological polar surface area (TPSA) is 49.8 Å². The Labute approximate surface area is 151 Å². The second-order valence-corrected chi connectivity index (χ2v) is 6.42. The molecule has 2 aromatic rings. The Hall–Kier alpha value is -1.85. The summed E-state index contributed by atoms with van der Waals surface area (Å²) in [5, 5.41) is 8.94. The summed E-state index contributed by atoms with van der Waals surface area (Å²) in [6.07, 6.45) is 0. The zero-order valence-electron chi connectivity index (χ0n) is 14.0. The van der Waals surface area contributed by atoms with Gasteiger partial charge in [-0.3, -0.25) is 4.90 Å². The van der Waals surface area contributed by atoms with Gasteiger partial charge in [0.1, 0.15) is 12.4 Å². The van der Waals surface area contributed by atoms with Gasteiger partial charge in [0.15, 0.2) is 0 Å². The molecule has 0 amide bonds. The van der Waals surface area contributed by atoms with Crippen LogP contribution in [0, 0.1) is 0 Å². The molecule has 24 heavy (non-hydrogen) atoms. The summed E-state index contributed by atoms with van der Waals surface area (Å²) in [6, 6.07) is 12.8. The van der Waals surface area contributed by atoms with Gasteiger partial charge in [-0.05, 0) is 49.0 Å². The van der Waals surface area contributed by atoms with Gasteiger partial charge in [-0.25, -0.2) is 4.79 Å². The number of ether oxygens (including phenoxy) is 1. The molecule has 0 radical (unpaired) electrons. The molecule has 0 aromatic heterocycles. The fourth-order valence-corrected chi connectivity index (χ4v) is 2.81. The molecule has 1 N–H and O–H groups in total. The standard InChI is InChI=1S/C19H22BrNO3/c1-3-21(4-2)12-16-11-17(20)9-10-18(16)24-13-14-5-7-15(8-6-14)19(22)23/h5-11H,3-4,12-13H2,1-2H3,(H,22,23). The molecule has 0 aliphatic heterocycles. The van der Waals surface area contributed by atoms with Gasteiger partial charge in [0, 0.05) is 16.6 Å². The number of carboxylic acid groups (broad SMARTS) is 1. The normalized spacial score (nSPS) is 10.8. The number of halogens is 1. The Morgan fingerprint density at radius 2 is 1.79 bits per heavy atom. The molecule has 0 aliphatic carbocycles. The Morgan fingerprint density at radius 3 is 2.38 bits per heavy atom. The third-order valence-electron chi connectivity index (χ3n) is 3.91. The number of carbonyl (C=O) groups is 1. The molecule has 128 valence electrons. The molecule has 0 atom stereocenters. The van der Waals surface area contributed by atoms with Crippen molar-refractivity contribution in [1.29, 1.82) is 0 Å². The summed E-state index contributed by atoms with van der Waals surface area (Å²) >= 11 is 3.52. The summed E-state index contributed by atoms with van der Waals surface area (Å²) < 4.78 is 7.00. The molecule has 0 fully saturated rings. The average molecular weight is 392 g/mol. The predicted octanol–water partition coefficient (Wildman–Crippen LogP) is 4.57. The second kappa shape index (κ2) is 8.85. The molecular weight excluding hydrogens is 370 g/mol. The molecule has 0 saturated heterocycles. The van der Waals surface area contributed by atoms with Crippen molar-refractivity contribution in [3.8, 4) is 5.75 Å². The van der Waals surface area contributed by atoms with E-state index in [1.807, 2.05) is 12.1 Å². The molecule has 0 heterocycles. The number of hydrogen-bond donors (Lipinski definition) is 1. The van der Waals surface area contributed by atoms with Gasteiger partial charge in [0.2, 0.25) is 0 Å². The van der Waals surface area contributed by atoms with E-state index in [1.165, 1.54) is 0 Å². The van der Waals surface area contributed by atoms with Crippen molar-refractivity contribution in [3.63, 3.8) is 0 Å². The molecule has 2 rings (SSSR count). The van der Waals surface area contributed by atoms with Crippen LogP contribution in [0.1, 0.15) is 35.3 Å². The largest absolute Gasteiger partial charge is 0.489 e. The van der Waals surface area contributed by atoms with Crippen LogP contribution < -0.4 is 4.74 Å². The van der Waals surface area contributed by atoms with Gasteiger partial charge < -0.3 is 9.84 Å². The van der Waals surface area contributed by atoms with E-state index in [0.717, 1.165) is 41.0 Å². The molecule has 5 heteroatoms. The van der Waals surface area contributed by atoms with Crippen LogP contribution in [0.3, 0.4) is 0 Å². The minimum atomic E-state index is -0.920. The van der Waals surface area contributed by atoms with Gasteiger partial charge in [0.25, 0.3) is 0 Å². The quantitative estimate of drug-likeness (QED) is 0.715.